The van der Waals surface area contributed by atoms with E-state index in [0.717, 1.165) is 49.3 Å². The van der Waals surface area contributed by atoms with Gasteiger partial charge in [0.05, 0.1) is 11.5 Å². The van der Waals surface area contributed by atoms with Crippen LogP contribution in [-0.2, 0) is 13.0 Å². The molecule has 0 radical (unpaired) electrons. The number of amides is 1. The number of rotatable bonds is 9. The quantitative estimate of drug-likeness (QED) is 0.444. The van der Waals surface area contributed by atoms with Gasteiger partial charge in [-0.25, -0.2) is 0 Å². The fourth-order valence-electron chi connectivity index (χ4n) is 4.88. The first-order chi connectivity index (χ1) is 16.5. The van der Waals surface area contributed by atoms with Crippen molar-refractivity contribution in [1.82, 2.24) is 9.80 Å². The summed E-state index contributed by atoms with van der Waals surface area (Å²) in [6.07, 6.45) is 2.97. The number of benzene rings is 2. The number of phenols is 1. The molecule has 6 heteroatoms. The Morgan fingerprint density at radius 3 is 2.56 bits per heavy atom. The number of phenolic OH excluding ortho intramolecular Hbond substituents is 1. The molecule has 0 unspecified atom stereocenters. The molecule has 0 aliphatic carbocycles. The van der Waals surface area contributed by atoms with Gasteiger partial charge < -0.3 is 14.7 Å². The van der Waals surface area contributed by atoms with Gasteiger partial charge in [-0.2, -0.15) is 0 Å². The molecule has 1 fully saturated rings. The monoisotopic (exact) mass is 478 g/mol. The molecule has 0 saturated carbocycles. The van der Waals surface area contributed by atoms with Crippen LogP contribution in [0.15, 0.2) is 66.0 Å². The molecule has 1 amide bonds. The molecule has 180 valence electrons. The average molecular weight is 479 g/mol. The molecule has 4 rings (SSSR count). The number of hydrogen-bond donors (Lipinski definition) is 1. The van der Waals surface area contributed by atoms with E-state index in [9.17, 15) is 9.90 Å². The number of carbonyl (C=O) groups excluding carboxylic acids is 1. The number of thiophene rings is 1. The molecule has 3 aromatic rings. The van der Waals surface area contributed by atoms with Crippen LogP contribution in [0.1, 0.15) is 40.6 Å². The van der Waals surface area contributed by atoms with Gasteiger partial charge in [0.15, 0.2) is 11.5 Å². The molecular formula is C28H34N2O3S. The highest BCUT2D eigenvalue weighted by molar-refractivity contribution is 7.12. The maximum atomic E-state index is 13.2. The number of likely N-dealkylation sites (tertiary alicyclic amines) is 1. The van der Waals surface area contributed by atoms with Gasteiger partial charge in [0.2, 0.25) is 0 Å². The highest BCUT2D eigenvalue weighted by Crippen LogP contribution is 2.30. The minimum Gasteiger partial charge on any atom is -0.504 e. The van der Waals surface area contributed by atoms with Gasteiger partial charge in [0.1, 0.15) is 0 Å². The Morgan fingerprint density at radius 1 is 1.12 bits per heavy atom. The number of likely N-dealkylation sites (N-methyl/N-ethyl adjacent to an activating group) is 1. The summed E-state index contributed by atoms with van der Waals surface area (Å²) in [5, 5.41) is 11.9. The largest absolute Gasteiger partial charge is 0.504 e. The van der Waals surface area contributed by atoms with Gasteiger partial charge in [-0.05, 0) is 79.9 Å². The van der Waals surface area contributed by atoms with Crippen LogP contribution in [0.3, 0.4) is 0 Å². The van der Waals surface area contributed by atoms with E-state index in [2.05, 4.69) is 29.2 Å². The van der Waals surface area contributed by atoms with Crippen LogP contribution in [-0.4, -0.2) is 53.6 Å². The fraction of sp³-hybridized carbons (Fsp3) is 0.393. The Balaban J connectivity index is 1.43. The SMILES string of the molecule is CCOc1cc(CN2CCC([C@H](Cc3ccccc3)N(C)C(=O)c3cccs3)CC2)ccc1O. The summed E-state index contributed by atoms with van der Waals surface area (Å²) in [5.74, 6) is 1.30. The average Bonchev–Trinajstić information content (AvgIpc) is 3.40. The van der Waals surface area contributed by atoms with Crippen molar-refractivity contribution in [3.63, 3.8) is 0 Å². The third-order valence-electron chi connectivity index (χ3n) is 6.74. The first-order valence-corrected chi connectivity index (χ1v) is 12.9. The molecule has 1 aromatic heterocycles. The highest BCUT2D eigenvalue weighted by atomic mass is 32.1. The van der Waals surface area contributed by atoms with Gasteiger partial charge in [0, 0.05) is 19.6 Å². The van der Waals surface area contributed by atoms with Crippen molar-refractivity contribution in [2.45, 2.75) is 38.8 Å². The van der Waals surface area contributed by atoms with E-state index < -0.39 is 0 Å². The molecule has 1 saturated heterocycles. The summed E-state index contributed by atoms with van der Waals surface area (Å²) in [6, 6.07) is 20.2. The van der Waals surface area contributed by atoms with Crippen LogP contribution >= 0.6 is 11.3 Å². The van der Waals surface area contributed by atoms with Crippen molar-refractivity contribution >= 4 is 17.2 Å². The summed E-state index contributed by atoms with van der Waals surface area (Å²) in [5.41, 5.74) is 2.42. The predicted octanol–water partition coefficient (Wildman–Crippen LogP) is 5.45. The Labute approximate surface area is 206 Å². The van der Waals surface area contributed by atoms with Gasteiger partial charge in [-0.15, -0.1) is 11.3 Å². The lowest BCUT2D eigenvalue weighted by Gasteiger charge is -2.40. The van der Waals surface area contributed by atoms with Crippen molar-refractivity contribution in [3.05, 3.63) is 82.0 Å². The number of aromatic hydroxyl groups is 1. The van der Waals surface area contributed by atoms with Gasteiger partial charge >= 0.3 is 0 Å². The molecule has 1 atom stereocenters. The van der Waals surface area contributed by atoms with Gasteiger partial charge in [-0.1, -0.05) is 42.5 Å². The van der Waals surface area contributed by atoms with Crippen LogP contribution in [0.4, 0.5) is 0 Å². The van der Waals surface area contributed by atoms with E-state index in [4.69, 9.17) is 4.74 Å². The Morgan fingerprint density at radius 2 is 1.88 bits per heavy atom. The zero-order valence-electron chi connectivity index (χ0n) is 20.0. The van der Waals surface area contributed by atoms with E-state index in [1.54, 1.807) is 6.07 Å². The van der Waals surface area contributed by atoms with Crippen LogP contribution in [0, 0.1) is 5.92 Å². The number of nitrogens with zero attached hydrogens (tertiary/aromatic N) is 2. The topological polar surface area (TPSA) is 53.0 Å². The third kappa shape index (κ3) is 5.99. The van der Waals surface area contributed by atoms with Crippen molar-refractivity contribution < 1.29 is 14.6 Å². The number of hydrogen-bond acceptors (Lipinski definition) is 5. The van der Waals surface area contributed by atoms with Crippen molar-refractivity contribution in [1.29, 1.82) is 0 Å². The highest BCUT2D eigenvalue weighted by Gasteiger charge is 2.32. The Bertz CT molecular complexity index is 1050. The summed E-state index contributed by atoms with van der Waals surface area (Å²) in [6.45, 7) is 5.26. The second-order valence-electron chi connectivity index (χ2n) is 9.00. The first kappa shape index (κ1) is 24.3. The molecule has 34 heavy (non-hydrogen) atoms. The van der Waals surface area contributed by atoms with Crippen LogP contribution in [0.2, 0.25) is 0 Å². The molecule has 1 aliphatic rings. The second-order valence-corrected chi connectivity index (χ2v) is 9.95. The number of carbonyl (C=O) groups is 1. The summed E-state index contributed by atoms with van der Waals surface area (Å²) in [7, 11) is 1.97. The number of ether oxygens (including phenoxy) is 1. The summed E-state index contributed by atoms with van der Waals surface area (Å²) in [4.78, 5) is 18.4. The molecule has 2 aromatic carbocycles. The van der Waals surface area contributed by atoms with Crippen LogP contribution < -0.4 is 4.74 Å². The van der Waals surface area contributed by atoms with E-state index >= 15 is 0 Å². The van der Waals surface area contributed by atoms with Crippen molar-refractivity contribution in [3.8, 4) is 11.5 Å². The Kier molecular flexibility index (Phi) is 8.25. The molecule has 1 N–H and O–H groups in total. The molecule has 0 bridgehead atoms. The maximum absolute atomic E-state index is 13.2. The van der Waals surface area contributed by atoms with Crippen molar-refractivity contribution in [2.75, 3.05) is 26.7 Å². The Hall–Kier alpha value is -2.83. The van der Waals surface area contributed by atoms with E-state index in [-0.39, 0.29) is 17.7 Å². The molecule has 0 spiro atoms. The lowest BCUT2D eigenvalue weighted by molar-refractivity contribution is 0.0589. The first-order valence-electron chi connectivity index (χ1n) is 12.1. The lowest BCUT2D eigenvalue weighted by Crippen LogP contribution is -2.47. The summed E-state index contributed by atoms with van der Waals surface area (Å²) < 4.78 is 5.55. The number of piperidine rings is 1. The van der Waals surface area contributed by atoms with Gasteiger partial charge in [-0.3, -0.25) is 9.69 Å². The second kappa shape index (κ2) is 11.5. The lowest BCUT2D eigenvalue weighted by atomic mass is 9.84. The zero-order chi connectivity index (χ0) is 23.9. The van der Waals surface area contributed by atoms with E-state index in [0.29, 0.717) is 18.3 Å². The van der Waals surface area contributed by atoms with Crippen LogP contribution in [0.5, 0.6) is 11.5 Å². The van der Waals surface area contributed by atoms with Gasteiger partial charge in [0.25, 0.3) is 5.91 Å². The zero-order valence-corrected chi connectivity index (χ0v) is 20.8. The van der Waals surface area contributed by atoms with Crippen LogP contribution in [0.25, 0.3) is 0 Å². The minimum absolute atomic E-state index is 0.117. The standard InChI is InChI=1S/C28H34N2O3S/c1-3-33-26-19-22(11-12-25(26)31)20-30-15-13-23(14-16-30)24(18-21-8-5-4-6-9-21)29(2)28(32)27-10-7-17-34-27/h4-12,17,19,23-24,31H,3,13-16,18,20H2,1-2H3/t24-/m0/s1. The van der Waals surface area contributed by atoms with E-state index in [1.807, 2.05) is 54.6 Å². The molecule has 5 nitrogen and oxygen atoms in total. The minimum atomic E-state index is 0.117. The third-order valence-corrected chi connectivity index (χ3v) is 7.60. The predicted molar refractivity (Wildman–Crippen MR) is 138 cm³/mol. The normalized spacial score (nSPS) is 15.7. The smallest absolute Gasteiger partial charge is 0.263 e. The molecular weight excluding hydrogens is 444 g/mol. The maximum Gasteiger partial charge on any atom is 0.263 e. The fourth-order valence-corrected chi connectivity index (χ4v) is 5.59. The molecule has 2 heterocycles. The van der Waals surface area contributed by atoms with Crippen molar-refractivity contribution in [2.24, 2.45) is 5.92 Å². The van der Waals surface area contributed by atoms with E-state index in [1.165, 1.54) is 16.9 Å². The molecule has 1 aliphatic heterocycles. The summed E-state index contributed by atoms with van der Waals surface area (Å²) >= 11 is 1.51.